The molecule has 12 rings (SSSR count). The second-order valence-corrected chi connectivity index (χ2v) is 15.2. The van der Waals surface area contributed by atoms with E-state index < -0.39 is 5.41 Å². The number of fused-ring (bicyclic) bond motifs is 18. The lowest BCUT2D eigenvalue weighted by Crippen LogP contribution is -2.26. The molecular weight excluding hydrogens is 665 g/mol. The molecule has 0 saturated carbocycles. The van der Waals surface area contributed by atoms with E-state index in [2.05, 4.69) is 187 Å². The van der Waals surface area contributed by atoms with Crippen LogP contribution < -0.4 is 0 Å². The summed E-state index contributed by atoms with van der Waals surface area (Å²) < 4.78 is 2.34. The van der Waals surface area contributed by atoms with E-state index in [0.717, 1.165) is 35.4 Å². The summed E-state index contributed by atoms with van der Waals surface area (Å²) in [4.78, 5) is 5.04. The van der Waals surface area contributed by atoms with Crippen molar-refractivity contribution in [3.05, 3.63) is 204 Å². The molecule has 10 aromatic rings. The van der Waals surface area contributed by atoms with E-state index in [0.29, 0.717) is 0 Å². The van der Waals surface area contributed by atoms with Crippen LogP contribution in [0.5, 0.6) is 0 Å². The van der Waals surface area contributed by atoms with Gasteiger partial charge in [0.1, 0.15) is 5.82 Å². The van der Waals surface area contributed by atoms with Crippen LogP contribution >= 0.6 is 0 Å². The van der Waals surface area contributed by atoms with E-state index in [4.69, 9.17) is 4.98 Å². The maximum absolute atomic E-state index is 5.04. The van der Waals surface area contributed by atoms with Crippen molar-refractivity contribution in [2.75, 3.05) is 0 Å². The summed E-state index contributed by atoms with van der Waals surface area (Å²) in [6, 6.07) is 65.9. The van der Waals surface area contributed by atoms with Crippen LogP contribution in [0.4, 0.5) is 0 Å². The molecule has 2 heteroatoms. The minimum absolute atomic E-state index is 0.495. The summed E-state index contributed by atoms with van der Waals surface area (Å²) >= 11 is 0. The summed E-state index contributed by atoms with van der Waals surface area (Å²) in [6.45, 7) is 2.23. The Morgan fingerprint density at radius 3 is 1.71 bits per heavy atom. The molecule has 0 aliphatic heterocycles. The van der Waals surface area contributed by atoms with Crippen molar-refractivity contribution in [2.45, 2.75) is 25.2 Å². The molecule has 0 bridgehead atoms. The average Bonchev–Trinajstić information content (AvgIpc) is 3.88. The van der Waals surface area contributed by atoms with Crippen molar-refractivity contribution < 1.29 is 0 Å². The number of nitrogens with zero attached hydrogens (tertiary/aromatic N) is 2. The first-order valence-corrected chi connectivity index (χ1v) is 19.5. The molecular formula is C53H36N2. The Morgan fingerprint density at radius 1 is 0.473 bits per heavy atom. The number of hydrogen-bond acceptors (Lipinski definition) is 1. The number of hydrogen-bond donors (Lipinski definition) is 0. The van der Waals surface area contributed by atoms with Crippen molar-refractivity contribution in [1.29, 1.82) is 0 Å². The summed E-state index contributed by atoms with van der Waals surface area (Å²) in [5, 5.41) is 7.82. The lowest BCUT2D eigenvalue weighted by atomic mass is 9.68. The molecule has 0 fully saturated rings. The largest absolute Gasteiger partial charge is 0.296 e. The standard InChI is InChI=1S/C53H36N2/c1-2-15-49-54-47-26-13-14-27-48(47)55(49)34-30-28-33(29-31-34)43-32-46-50(40-21-6-4-18-37(40)43)51-41-22-7-3-16-35(41)36-17-5-8-23-42(36)52(51)53(46)44-24-11-9-19-38(44)39-20-10-12-25-45(39)53/h3-14,16-32H,2,15H2,1H3. The highest BCUT2D eigenvalue weighted by atomic mass is 15.1. The van der Waals surface area contributed by atoms with E-state index in [1.807, 2.05) is 0 Å². The van der Waals surface area contributed by atoms with Gasteiger partial charge in [-0.15, -0.1) is 0 Å². The number of aromatic nitrogens is 2. The Bertz CT molecular complexity index is 3170. The van der Waals surface area contributed by atoms with Crippen molar-refractivity contribution >= 4 is 43.4 Å². The van der Waals surface area contributed by atoms with Crippen LogP contribution in [0.25, 0.3) is 82.4 Å². The van der Waals surface area contributed by atoms with Gasteiger partial charge >= 0.3 is 0 Å². The number of rotatable bonds is 4. The van der Waals surface area contributed by atoms with Crippen LogP contribution in [0.15, 0.2) is 176 Å². The average molecular weight is 701 g/mol. The Morgan fingerprint density at radius 2 is 1.02 bits per heavy atom. The second kappa shape index (κ2) is 11.4. The van der Waals surface area contributed by atoms with Gasteiger partial charge in [-0.05, 0) is 125 Å². The van der Waals surface area contributed by atoms with Crippen LogP contribution in [0.3, 0.4) is 0 Å². The molecule has 9 aromatic carbocycles. The van der Waals surface area contributed by atoms with Gasteiger partial charge in [0.05, 0.1) is 16.4 Å². The summed E-state index contributed by atoms with van der Waals surface area (Å²) in [5.41, 5.74) is 16.2. The SMILES string of the molecule is CCCc1nc2ccccc2n1-c1ccc(-c2cc3c(c4ccccc24)-c2c(c4ccccc4c4ccccc24)C32c3ccccc3-c3ccccc32)cc1. The molecule has 0 amide bonds. The maximum atomic E-state index is 5.04. The van der Waals surface area contributed by atoms with Gasteiger partial charge in [-0.3, -0.25) is 4.57 Å². The van der Waals surface area contributed by atoms with Gasteiger partial charge in [0, 0.05) is 12.1 Å². The highest BCUT2D eigenvalue weighted by Gasteiger charge is 2.53. The first kappa shape index (κ1) is 30.7. The van der Waals surface area contributed by atoms with Gasteiger partial charge in [-0.25, -0.2) is 4.98 Å². The van der Waals surface area contributed by atoms with E-state index in [1.54, 1.807) is 0 Å². The molecule has 0 saturated heterocycles. The zero-order valence-corrected chi connectivity index (χ0v) is 30.6. The minimum atomic E-state index is -0.495. The van der Waals surface area contributed by atoms with Crippen LogP contribution in [0.1, 0.15) is 41.4 Å². The monoisotopic (exact) mass is 700 g/mol. The van der Waals surface area contributed by atoms with Crippen LogP contribution in [-0.4, -0.2) is 9.55 Å². The zero-order chi connectivity index (χ0) is 36.3. The molecule has 2 aliphatic rings. The lowest BCUT2D eigenvalue weighted by molar-refractivity contribution is 0.803. The lowest BCUT2D eigenvalue weighted by Gasteiger charge is -2.32. The van der Waals surface area contributed by atoms with E-state index in [-0.39, 0.29) is 0 Å². The molecule has 1 aromatic heterocycles. The molecule has 55 heavy (non-hydrogen) atoms. The molecule has 0 radical (unpaired) electrons. The van der Waals surface area contributed by atoms with Crippen molar-refractivity contribution in [3.63, 3.8) is 0 Å². The van der Waals surface area contributed by atoms with Crippen molar-refractivity contribution in [1.82, 2.24) is 9.55 Å². The zero-order valence-electron chi connectivity index (χ0n) is 30.6. The highest BCUT2D eigenvalue weighted by Crippen LogP contribution is 2.66. The third-order valence-electron chi connectivity index (χ3n) is 12.5. The van der Waals surface area contributed by atoms with Crippen molar-refractivity contribution in [3.8, 4) is 39.1 Å². The molecule has 1 heterocycles. The smallest absolute Gasteiger partial charge is 0.114 e. The van der Waals surface area contributed by atoms with Gasteiger partial charge in [0.25, 0.3) is 0 Å². The number of benzene rings is 9. The van der Waals surface area contributed by atoms with E-state index in [1.165, 1.54) is 88.0 Å². The van der Waals surface area contributed by atoms with Gasteiger partial charge in [0.2, 0.25) is 0 Å². The molecule has 2 nitrogen and oxygen atoms in total. The fourth-order valence-corrected chi connectivity index (χ4v) is 10.4. The van der Waals surface area contributed by atoms with Gasteiger partial charge in [0.15, 0.2) is 0 Å². The normalized spacial score (nSPS) is 13.5. The predicted octanol–water partition coefficient (Wildman–Crippen LogP) is 13.4. The van der Waals surface area contributed by atoms with Crippen LogP contribution in [0, 0.1) is 0 Å². The molecule has 258 valence electrons. The Balaban J connectivity index is 1.20. The van der Waals surface area contributed by atoms with Gasteiger partial charge in [-0.2, -0.15) is 0 Å². The van der Waals surface area contributed by atoms with Crippen LogP contribution in [-0.2, 0) is 11.8 Å². The van der Waals surface area contributed by atoms with Crippen molar-refractivity contribution in [2.24, 2.45) is 0 Å². The Kier molecular flexibility index (Phi) is 6.34. The highest BCUT2D eigenvalue weighted by molar-refractivity contribution is 6.24. The number of aryl methyl sites for hydroxylation is 1. The summed E-state index contributed by atoms with van der Waals surface area (Å²) in [5.74, 6) is 1.11. The maximum Gasteiger partial charge on any atom is 0.114 e. The quantitative estimate of drug-likeness (QED) is 0.167. The molecule has 0 N–H and O–H groups in total. The molecule has 1 spiro atoms. The predicted molar refractivity (Wildman–Crippen MR) is 229 cm³/mol. The molecule has 0 unspecified atom stereocenters. The topological polar surface area (TPSA) is 17.8 Å². The summed E-state index contributed by atoms with van der Waals surface area (Å²) in [6.07, 6.45) is 1.98. The van der Waals surface area contributed by atoms with E-state index in [9.17, 15) is 0 Å². The first-order valence-electron chi connectivity index (χ1n) is 19.5. The van der Waals surface area contributed by atoms with Crippen LogP contribution in [0.2, 0.25) is 0 Å². The Labute approximate surface area is 320 Å². The number of imidazole rings is 1. The Hall–Kier alpha value is -6.77. The third-order valence-corrected chi connectivity index (χ3v) is 12.5. The van der Waals surface area contributed by atoms with Gasteiger partial charge < -0.3 is 0 Å². The molecule has 0 atom stereocenters. The first-order chi connectivity index (χ1) is 27.3. The minimum Gasteiger partial charge on any atom is -0.296 e. The summed E-state index contributed by atoms with van der Waals surface area (Å²) in [7, 11) is 0. The second-order valence-electron chi connectivity index (χ2n) is 15.2. The van der Waals surface area contributed by atoms with E-state index >= 15 is 0 Å². The fraction of sp³-hybridized carbons (Fsp3) is 0.0755. The number of para-hydroxylation sites is 2. The van der Waals surface area contributed by atoms with Gasteiger partial charge in [-0.1, -0.05) is 153 Å². The third kappa shape index (κ3) is 3.96. The fourth-order valence-electron chi connectivity index (χ4n) is 10.4. The molecule has 2 aliphatic carbocycles.